The van der Waals surface area contributed by atoms with Crippen LogP contribution >= 0.6 is 0 Å². The van der Waals surface area contributed by atoms with Crippen LogP contribution in [0, 0.1) is 6.92 Å². The molecule has 2 aromatic carbocycles. The van der Waals surface area contributed by atoms with E-state index in [1.165, 1.54) is 0 Å². The van der Waals surface area contributed by atoms with Gasteiger partial charge in [0.25, 0.3) is 0 Å². The van der Waals surface area contributed by atoms with E-state index >= 15 is 0 Å². The topological polar surface area (TPSA) is 35.5 Å². The zero-order valence-corrected chi connectivity index (χ0v) is 12.0. The molecule has 0 heterocycles. The summed E-state index contributed by atoms with van der Waals surface area (Å²) in [4.78, 5) is 12.6. The Morgan fingerprint density at radius 3 is 2.50 bits per heavy atom. The molecule has 0 bridgehead atoms. The lowest BCUT2D eigenvalue weighted by Crippen LogP contribution is -2.05. The summed E-state index contributed by atoms with van der Waals surface area (Å²) in [5, 5.41) is 0. The van der Waals surface area contributed by atoms with E-state index in [4.69, 9.17) is 9.47 Å². The minimum absolute atomic E-state index is 0.0418. The molecule has 0 N–H and O–H groups in total. The van der Waals surface area contributed by atoms with Gasteiger partial charge in [0.15, 0.2) is 5.78 Å². The highest BCUT2D eigenvalue weighted by atomic mass is 16.5. The summed E-state index contributed by atoms with van der Waals surface area (Å²) in [6, 6.07) is 12.7. The number of benzene rings is 2. The highest BCUT2D eigenvalue weighted by Crippen LogP contribution is 2.24. The second-order valence-electron chi connectivity index (χ2n) is 4.44. The van der Waals surface area contributed by atoms with Gasteiger partial charge in [0.2, 0.25) is 0 Å². The third-order valence-electron chi connectivity index (χ3n) is 3.09. The molecule has 0 aliphatic rings. The van der Waals surface area contributed by atoms with Gasteiger partial charge in [-0.05, 0) is 49.7 Å². The lowest BCUT2D eigenvalue weighted by Gasteiger charge is -2.10. The molecule has 0 unspecified atom stereocenters. The number of hydrogen-bond donors (Lipinski definition) is 0. The van der Waals surface area contributed by atoms with Gasteiger partial charge in [-0.2, -0.15) is 0 Å². The zero-order valence-electron chi connectivity index (χ0n) is 12.0. The van der Waals surface area contributed by atoms with Gasteiger partial charge < -0.3 is 9.47 Å². The molecule has 0 fully saturated rings. The molecule has 0 atom stereocenters. The molecule has 0 amide bonds. The molecule has 0 spiro atoms. The molecule has 0 aliphatic carbocycles. The standard InChI is InChI=1S/C17H18O3/c1-4-20-16-8-6-5-7-14(16)17(18)13-9-10-15(19-3)12(2)11-13/h5-11H,4H2,1-3H3. The summed E-state index contributed by atoms with van der Waals surface area (Å²) < 4.78 is 10.7. The molecule has 0 saturated heterocycles. The lowest BCUT2D eigenvalue weighted by molar-refractivity contribution is 0.103. The van der Waals surface area contributed by atoms with Gasteiger partial charge in [-0.15, -0.1) is 0 Å². The average Bonchev–Trinajstić information content (AvgIpc) is 2.47. The molecule has 0 radical (unpaired) electrons. The summed E-state index contributed by atoms with van der Waals surface area (Å²) >= 11 is 0. The van der Waals surface area contributed by atoms with E-state index in [9.17, 15) is 4.79 Å². The average molecular weight is 270 g/mol. The first-order valence-corrected chi connectivity index (χ1v) is 6.58. The Morgan fingerprint density at radius 2 is 1.85 bits per heavy atom. The maximum Gasteiger partial charge on any atom is 0.196 e. The third kappa shape index (κ3) is 2.82. The second kappa shape index (κ2) is 6.24. The fourth-order valence-corrected chi connectivity index (χ4v) is 2.11. The van der Waals surface area contributed by atoms with Gasteiger partial charge in [-0.25, -0.2) is 0 Å². The Kier molecular flexibility index (Phi) is 4.41. The van der Waals surface area contributed by atoms with Crippen molar-refractivity contribution in [2.24, 2.45) is 0 Å². The van der Waals surface area contributed by atoms with Crippen LogP contribution in [0.1, 0.15) is 28.4 Å². The highest BCUT2D eigenvalue weighted by Gasteiger charge is 2.15. The Hall–Kier alpha value is -2.29. The normalized spacial score (nSPS) is 10.2. The van der Waals surface area contributed by atoms with Gasteiger partial charge in [0, 0.05) is 5.56 Å². The fourth-order valence-electron chi connectivity index (χ4n) is 2.11. The van der Waals surface area contributed by atoms with Gasteiger partial charge in [-0.3, -0.25) is 4.79 Å². The van der Waals surface area contributed by atoms with E-state index in [1.54, 1.807) is 19.2 Å². The number of aryl methyl sites for hydroxylation is 1. The lowest BCUT2D eigenvalue weighted by atomic mass is 10.0. The maximum atomic E-state index is 12.6. The Balaban J connectivity index is 2.38. The molecule has 0 aromatic heterocycles. The van der Waals surface area contributed by atoms with E-state index in [-0.39, 0.29) is 5.78 Å². The summed E-state index contributed by atoms with van der Waals surface area (Å²) in [6.07, 6.45) is 0. The number of rotatable bonds is 5. The van der Waals surface area contributed by atoms with E-state index in [2.05, 4.69) is 0 Å². The van der Waals surface area contributed by atoms with Crippen molar-refractivity contribution in [3.8, 4) is 11.5 Å². The van der Waals surface area contributed by atoms with Crippen molar-refractivity contribution < 1.29 is 14.3 Å². The fraction of sp³-hybridized carbons (Fsp3) is 0.235. The van der Waals surface area contributed by atoms with Crippen LogP contribution in [-0.2, 0) is 0 Å². The predicted molar refractivity (Wildman–Crippen MR) is 78.8 cm³/mol. The number of ether oxygens (including phenoxy) is 2. The van der Waals surface area contributed by atoms with Crippen LogP contribution in [0.25, 0.3) is 0 Å². The Bertz CT molecular complexity index is 617. The van der Waals surface area contributed by atoms with Crippen LogP contribution in [0.2, 0.25) is 0 Å². The van der Waals surface area contributed by atoms with Crippen molar-refractivity contribution in [1.82, 2.24) is 0 Å². The van der Waals surface area contributed by atoms with Crippen LogP contribution in [0.15, 0.2) is 42.5 Å². The number of methoxy groups -OCH3 is 1. The van der Waals surface area contributed by atoms with E-state index in [0.717, 1.165) is 11.3 Å². The first-order valence-electron chi connectivity index (χ1n) is 6.58. The molecule has 0 saturated carbocycles. The molecule has 0 aliphatic heterocycles. The number of para-hydroxylation sites is 1. The van der Waals surface area contributed by atoms with Crippen molar-refractivity contribution >= 4 is 5.78 Å². The number of carbonyl (C=O) groups is 1. The highest BCUT2D eigenvalue weighted by molar-refractivity contribution is 6.10. The van der Waals surface area contributed by atoms with Crippen molar-refractivity contribution in [1.29, 1.82) is 0 Å². The number of hydrogen-bond acceptors (Lipinski definition) is 3. The van der Waals surface area contributed by atoms with Crippen LogP contribution in [0.5, 0.6) is 11.5 Å². The Labute approximate surface area is 119 Å². The van der Waals surface area contributed by atoms with Crippen molar-refractivity contribution in [3.05, 3.63) is 59.2 Å². The molecule has 3 nitrogen and oxygen atoms in total. The smallest absolute Gasteiger partial charge is 0.196 e. The molecule has 3 heteroatoms. The third-order valence-corrected chi connectivity index (χ3v) is 3.09. The minimum Gasteiger partial charge on any atom is -0.496 e. The minimum atomic E-state index is -0.0418. The largest absolute Gasteiger partial charge is 0.496 e. The Morgan fingerprint density at radius 1 is 1.10 bits per heavy atom. The summed E-state index contributed by atoms with van der Waals surface area (Å²) in [5.74, 6) is 1.35. The number of carbonyl (C=O) groups excluding carboxylic acids is 1. The SMILES string of the molecule is CCOc1ccccc1C(=O)c1ccc(OC)c(C)c1. The summed E-state index contributed by atoms with van der Waals surface area (Å²) in [5.41, 5.74) is 2.15. The van der Waals surface area contributed by atoms with Gasteiger partial charge >= 0.3 is 0 Å². The van der Waals surface area contributed by atoms with Crippen molar-refractivity contribution in [3.63, 3.8) is 0 Å². The predicted octanol–water partition coefficient (Wildman–Crippen LogP) is 3.63. The second-order valence-corrected chi connectivity index (χ2v) is 4.44. The van der Waals surface area contributed by atoms with Gasteiger partial charge in [-0.1, -0.05) is 12.1 Å². The molecular formula is C17H18O3. The van der Waals surface area contributed by atoms with Crippen molar-refractivity contribution in [2.45, 2.75) is 13.8 Å². The first kappa shape index (κ1) is 14.1. The van der Waals surface area contributed by atoms with E-state index in [0.29, 0.717) is 23.5 Å². The van der Waals surface area contributed by atoms with Crippen LogP contribution < -0.4 is 9.47 Å². The molecule has 2 rings (SSSR count). The molecule has 104 valence electrons. The van der Waals surface area contributed by atoms with Crippen LogP contribution in [0.3, 0.4) is 0 Å². The van der Waals surface area contributed by atoms with Gasteiger partial charge in [0.05, 0.1) is 19.3 Å². The zero-order chi connectivity index (χ0) is 14.5. The summed E-state index contributed by atoms with van der Waals surface area (Å²) in [7, 11) is 1.62. The van der Waals surface area contributed by atoms with E-state index in [1.807, 2.05) is 44.2 Å². The van der Waals surface area contributed by atoms with Crippen LogP contribution in [0.4, 0.5) is 0 Å². The van der Waals surface area contributed by atoms with E-state index < -0.39 is 0 Å². The first-order chi connectivity index (χ1) is 9.67. The monoisotopic (exact) mass is 270 g/mol. The number of ketones is 1. The van der Waals surface area contributed by atoms with Crippen LogP contribution in [-0.4, -0.2) is 19.5 Å². The maximum absolute atomic E-state index is 12.6. The molecule has 2 aromatic rings. The molecular weight excluding hydrogens is 252 g/mol. The molecule has 20 heavy (non-hydrogen) atoms. The quantitative estimate of drug-likeness (QED) is 0.778. The van der Waals surface area contributed by atoms with Gasteiger partial charge in [0.1, 0.15) is 11.5 Å². The summed E-state index contributed by atoms with van der Waals surface area (Å²) in [6.45, 7) is 4.36. The van der Waals surface area contributed by atoms with Crippen molar-refractivity contribution in [2.75, 3.05) is 13.7 Å².